The van der Waals surface area contributed by atoms with Gasteiger partial charge in [0.2, 0.25) is 0 Å². The molecule has 3 aromatic carbocycles. The molecule has 2 heterocycles. The average molecular weight is 542 g/mol. The maximum Gasteiger partial charge on any atom is 0.299 e. The topological polar surface area (TPSA) is 135 Å². The summed E-state index contributed by atoms with van der Waals surface area (Å²) in [4.78, 5) is 21.6. The average Bonchev–Trinajstić information content (AvgIpc) is 2.94. The first-order valence-electron chi connectivity index (χ1n) is 11.9. The number of nitrogens with one attached hydrogen (secondary N) is 1. The summed E-state index contributed by atoms with van der Waals surface area (Å²) in [6.45, 7) is 0.393. The fourth-order valence-corrected chi connectivity index (χ4v) is 4.83. The predicted molar refractivity (Wildman–Crippen MR) is 137 cm³/mol. The summed E-state index contributed by atoms with van der Waals surface area (Å²) < 4.78 is 24.3. The Hall–Kier alpha value is -3.61. The molecule has 2 fully saturated rings. The molecule has 5 rings (SSSR count). The lowest BCUT2D eigenvalue weighted by molar-refractivity contribution is -0.393. The minimum absolute atomic E-state index is 0.0602. The molecule has 0 radical (unpaired) electrons. The van der Waals surface area contributed by atoms with Crippen LogP contribution in [0.15, 0.2) is 78.9 Å². The largest absolute Gasteiger partial charge is 0.372 e. The van der Waals surface area contributed by atoms with Gasteiger partial charge in [-0.05, 0) is 11.6 Å². The van der Waals surface area contributed by atoms with Crippen molar-refractivity contribution in [1.82, 2.24) is 0 Å². The van der Waals surface area contributed by atoms with Crippen molar-refractivity contribution < 1.29 is 28.8 Å². The third-order valence-corrected chi connectivity index (χ3v) is 6.84. The summed E-state index contributed by atoms with van der Waals surface area (Å²) in [5.41, 5.74) is 0.909. The number of ether oxygens (including phenoxy) is 4. The molecule has 0 aromatic heterocycles. The van der Waals surface area contributed by atoms with Gasteiger partial charge in [0.05, 0.1) is 35.2 Å². The minimum atomic E-state index is -0.895. The van der Waals surface area contributed by atoms with Gasteiger partial charge in [0.1, 0.15) is 23.3 Å². The van der Waals surface area contributed by atoms with Crippen molar-refractivity contribution in [3.63, 3.8) is 0 Å². The number of nitro benzene ring substituents is 2. The van der Waals surface area contributed by atoms with Gasteiger partial charge in [0, 0.05) is 11.6 Å². The molecule has 0 saturated carbocycles. The second-order valence-electron chi connectivity index (χ2n) is 8.85. The van der Waals surface area contributed by atoms with Crippen LogP contribution in [0.3, 0.4) is 0 Å². The maximum atomic E-state index is 11.8. The highest BCUT2D eigenvalue weighted by atomic mass is 35.5. The molecule has 2 aliphatic rings. The third kappa shape index (κ3) is 5.62. The number of halogens is 1. The van der Waals surface area contributed by atoms with E-state index in [0.717, 1.165) is 17.2 Å². The van der Waals surface area contributed by atoms with Crippen molar-refractivity contribution in [1.29, 1.82) is 0 Å². The molecule has 12 heteroatoms. The Morgan fingerprint density at radius 2 is 1.66 bits per heavy atom. The summed E-state index contributed by atoms with van der Waals surface area (Å²) in [7, 11) is 0. The Labute approximate surface area is 222 Å². The van der Waals surface area contributed by atoms with E-state index in [-0.39, 0.29) is 18.9 Å². The second-order valence-corrected chi connectivity index (χ2v) is 9.35. The van der Waals surface area contributed by atoms with E-state index in [2.05, 4.69) is 5.32 Å². The number of rotatable bonds is 8. The number of benzene rings is 3. The number of nitrogens with zero attached hydrogens (tertiary/aromatic N) is 2. The monoisotopic (exact) mass is 541 g/mol. The number of fused-ring (bicyclic) bond motifs is 1. The van der Waals surface area contributed by atoms with Gasteiger partial charge in [0.15, 0.2) is 12.6 Å². The molecule has 2 aliphatic heterocycles. The number of hydrogen-bond donors (Lipinski definition) is 1. The van der Waals surface area contributed by atoms with Crippen LogP contribution in [0.25, 0.3) is 0 Å². The quantitative estimate of drug-likeness (QED) is 0.239. The summed E-state index contributed by atoms with van der Waals surface area (Å²) in [6.07, 6.45) is -2.88. The Balaban J connectivity index is 1.43. The maximum absolute atomic E-state index is 11.8. The smallest absolute Gasteiger partial charge is 0.299 e. The molecule has 0 bridgehead atoms. The Morgan fingerprint density at radius 3 is 2.34 bits per heavy atom. The van der Waals surface area contributed by atoms with Gasteiger partial charge in [-0.15, -0.1) is 11.6 Å². The fourth-order valence-electron chi connectivity index (χ4n) is 4.49. The zero-order valence-electron chi connectivity index (χ0n) is 19.9. The van der Waals surface area contributed by atoms with Crippen molar-refractivity contribution in [2.75, 3.05) is 11.9 Å². The number of anilines is 1. The van der Waals surface area contributed by atoms with E-state index >= 15 is 0 Å². The van der Waals surface area contributed by atoms with Gasteiger partial charge < -0.3 is 24.3 Å². The zero-order chi connectivity index (χ0) is 26.6. The predicted octanol–water partition coefficient (Wildman–Crippen LogP) is 4.95. The van der Waals surface area contributed by atoms with E-state index in [1.807, 2.05) is 60.7 Å². The molecule has 0 amide bonds. The molecular weight excluding hydrogens is 518 g/mol. The van der Waals surface area contributed by atoms with E-state index in [1.165, 1.54) is 12.1 Å². The Morgan fingerprint density at radius 1 is 0.947 bits per heavy atom. The van der Waals surface area contributed by atoms with Crippen LogP contribution in [0.2, 0.25) is 0 Å². The second kappa shape index (κ2) is 11.4. The van der Waals surface area contributed by atoms with Crippen LogP contribution in [0.1, 0.15) is 17.4 Å². The molecule has 0 unspecified atom stereocenters. The van der Waals surface area contributed by atoms with Crippen LogP contribution in [-0.2, 0) is 25.6 Å². The summed E-state index contributed by atoms with van der Waals surface area (Å²) >= 11 is 6.88. The van der Waals surface area contributed by atoms with Crippen LogP contribution in [-0.4, -0.2) is 46.4 Å². The molecule has 6 atom stereocenters. The molecule has 3 aromatic rings. The van der Waals surface area contributed by atoms with Crippen molar-refractivity contribution in [2.24, 2.45) is 0 Å². The van der Waals surface area contributed by atoms with E-state index in [4.69, 9.17) is 30.5 Å². The van der Waals surface area contributed by atoms with Gasteiger partial charge in [-0.2, -0.15) is 0 Å². The Kier molecular flexibility index (Phi) is 7.82. The third-order valence-electron chi connectivity index (χ3n) is 6.36. The molecule has 2 saturated heterocycles. The molecule has 0 aliphatic carbocycles. The van der Waals surface area contributed by atoms with E-state index < -0.39 is 57.4 Å². The number of hydrogen-bond acceptors (Lipinski definition) is 9. The first-order valence-corrected chi connectivity index (χ1v) is 12.3. The van der Waals surface area contributed by atoms with Crippen LogP contribution in [0.5, 0.6) is 0 Å². The molecule has 198 valence electrons. The standard InChI is InChI=1S/C26H24ClN3O8/c27-22-23(28-19-12-11-18(29(31)32)13-20(19)30(33)34)24-21(15-36-25(38-24)17-9-5-2-6-10-17)37-26(22)35-14-16-7-3-1-4-8-16/h1-13,21-26,28H,14-15H2/t21-,22+,23+,24-,25+,26+/m1/s1. The lowest BCUT2D eigenvalue weighted by Gasteiger charge is -2.48. The lowest BCUT2D eigenvalue weighted by Crippen LogP contribution is -2.63. The molecule has 38 heavy (non-hydrogen) atoms. The summed E-state index contributed by atoms with van der Waals surface area (Å²) in [5, 5.41) is 25.2. The molecule has 1 N–H and O–H groups in total. The fraction of sp³-hybridized carbons (Fsp3) is 0.308. The van der Waals surface area contributed by atoms with E-state index in [9.17, 15) is 20.2 Å². The van der Waals surface area contributed by atoms with E-state index in [0.29, 0.717) is 0 Å². The van der Waals surface area contributed by atoms with Crippen molar-refractivity contribution in [3.05, 3.63) is 110 Å². The highest BCUT2D eigenvalue weighted by Crippen LogP contribution is 2.39. The van der Waals surface area contributed by atoms with Crippen molar-refractivity contribution in [3.8, 4) is 0 Å². The zero-order valence-corrected chi connectivity index (χ0v) is 20.7. The van der Waals surface area contributed by atoms with Gasteiger partial charge in [-0.25, -0.2) is 0 Å². The van der Waals surface area contributed by atoms with Gasteiger partial charge in [0.25, 0.3) is 11.4 Å². The van der Waals surface area contributed by atoms with Crippen molar-refractivity contribution >= 4 is 28.7 Å². The van der Waals surface area contributed by atoms with Crippen LogP contribution >= 0.6 is 11.6 Å². The molecular formula is C26H24ClN3O8. The van der Waals surface area contributed by atoms with Gasteiger partial charge in [-0.1, -0.05) is 60.7 Å². The lowest BCUT2D eigenvalue weighted by atomic mass is 9.96. The summed E-state index contributed by atoms with van der Waals surface area (Å²) in [6, 6.07) is 21.5. The van der Waals surface area contributed by atoms with E-state index in [1.54, 1.807) is 0 Å². The van der Waals surface area contributed by atoms with Gasteiger partial charge >= 0.3 is 0 Å². The number of non-ortho nitro benzene ring substituents is 1. The van der Waals surface area contributed by atoms with Crippen LogP contribution in [0.4, 0.5) is 17.1 Å². The first-order chi connectivity index (χ1) is 18.4. The highest BCUT2D eigenvalue weighted by Gasteiger charge is 2.50. The van der Waals surface area contributed by atoms with Crippen LogP contribution < -0.4 is 5.32 Å². The number of alkyl halides is 1. The first kappa shape index (κ1) is 26.0. The SMILES string of the molecule is O=[N+]([O-])c1ccc(N[C@H]2[C@H](Cl)[C@@H](OCc3ccccc3)O[C@@H]3CO[C@H](c4ccccc4)O[C@@H]23)c([N+](=O)[O-])c1. The van der Waals surface area contributed by atoms with Crippen LogP contribution in [0, 0.1) is 20.2 Å². The summed E-state index contributed by atoms with van der Waals surface area (Å²) in [5.74, 6) is 0. The van der Waals surface area contributed by atoms with Gasteiger partial charge in [-0.3, -0.25) is 20.2 Å². The molecule has 11 nitrogen and oxygen atoms in total. The normalized spacial score (nSPS) is 26.8. The van der Waals surface area contributed by atoms with Crippen molar-refractivity contribution in [2.45, 2.75) is 42.8 Å². The Bertz CT molecular complexity index is 1280. The number of nitro groups is 2. The highest BCUT2D eigenvalue weighted by molar-refractivity contribution is 6.21. The minimum Gasteiger partial charge on any atom is -0.372 e. The molecule has 0 spiro atoms.